The van der Waals surface area contributed by atoms with Crippen LogP contribution in [0.5, 0.6) is 0 Å². The van der Waals surface area contributed by atoms with Gasteiger partial charge in [-0.15, -0.1) is 0 Å². The molecular weight excluding hydrogens is 284 g/mol. The van der Waals surface area contributed by atoms with Gasteiger partial charge in [-0.1, -0.05) is 40.0 Å². The lowest BCUT2D eigenvalue weighted by atomic mass is 10.1. The number of hydrogen-bond acceptors (Lipinski definition) is 5. The average molecular weight is 318 g/mol. The zero-order chi connectivity index (χ0) is 16.2. The van der Waals surface area contributed by atoms with Gasteiger partial charge in [0.1, 0.15) is 18.3 Å². The molecule has 4 atom stereocenters. The quantitative estimate of drug-likeness (QED) is 0.529. The Kier molecular flexibility index (Phi) is 11.1. The highest BCUT2D eigenvalue weighted by atomic mass is 16.7. The minimum absolute atomic E-state index is 0.250. The van der Waals surface area contributed by atoms with Crippen LogP contribution in [0.2, 0.25) is 0 Å². The van der Waals surface area contributed by atoms with Gasteiger partial charge in [0, 0.05) is 19.8 Å². The van der Waals surface area contributed by atoms with Crippen LogP contribution in [-0.4, -0.2) is 56.1 Å². The number of ether oxygens (including phenoxy) is 4. The van der Waals surface area contributed by atoms with E-state index in [4.69, 9.17) is 18.9 Å². The number of aliphatic hydroxyl groups excluding tert-OH is 1. The lowest BCUT2D eigenvalue weighted by Gasteiger charge is -2.23. The van der Waals surface area contributed by atoms with E-state index in [1.807, 2.05) is 0 Å². The van der Waals surface area contributed by atoms with E-state index in [2.05, 4.69) is 20.8 Å². The molecule has 132 valence electrons. The molecule has 0 amide bonds. The van der Waals surface area contributed by atoms with Crippen LogP contribution in [0.4, 0.5) is 0 Å². The Morgan fingerprint density at radius 2 is 1.36 bits per heavy atom. The first-order valence-electron chi connectivity index (χ1n) is 8.89. The van der Waals surface area contributed by atoms with Crippen LogP contribution < -0.4 is 0 Å². The van der Waals surface area contributed by atoms with E-state index in [0.29, 0.717) is 19.8 Å². The Hall–Kier alpha value is -0.200. The minimum Gasteiger partial charge on any atom is -0.379 e. The van der Waals surface area contributed by atoms with Gasteiger partial charge in [-0.3, -0.25) is 0 Å². The molecule has 1 saturated heterocycles. The lowest BCUT2D eigenvalue weighted by Crippen LogP contribution is -2.39. The maximum Gasteiger partial charge on any atom is 0.184 e. The maximum absolute atomic E-state index is 10.1. The molecule has 22 heavy (non-hydrogen) atoms. The second kappa shape index (κ2) is 12.3. The Bertz CT molecular complexity index is 261. The van der Waals surface area contributed by atoms with E-state index in [-0.39, 0.29) is 12.2 Å². The molecule has 0 aromatic carbocycles. The Balaban J connectivity index is 2.48. The predicted octanol–water partition coefficient (Wildman–Crippen LogP) is 2.89. The monoisotopic (exact) mass is 318 g/mol. The summed E-state index contributed by atoms with van der Waals surface area (Å²) in [5, 5.41) is 10.1. The number of aliphatic hydroxyl groups is 1. The second-order valence-electron chi connectivity index (χ2n) is 5.87. The Morgan fingerprint density at radius 3 is 1.95 bits per heavy atom. The third-order valence-corrected chi connectivity index (χ3v) is 3.83. The summed E-state index contributed by atoms with van der Waals surface area (Å²) in [5.41, 5.74) is 0. The minimum atomic E-state index is -0.928. The zero-order valence-electron chi connectivity index (χ0n) is 14.5. The molecule has 1 unspecified atom stereocenters. The lowest BCUT2D eigenvalue weighted by molar-refractivity contribution is -0.150. The molecule has 1 N–H and O–H groups in total. The third-order valence-electron chi connectivity index (χ3n) is 3.83. The first-order chi connectivity index (χ1) is 10.7. The molecule has 0 saturated carbocycles. The van der Waals surface area contributed by atoms with Crippen molar-refractivity contribution in [3.63, 3.8) is 0 Å². The molecule has 1 heterocycles. The fourth-order valence-corrected chi connectivity index (χ4v) is 2.39. The highest BCUT2D eigenvalue weighted by molar-refractivity contribution is 4.89. The molecule has 0 aromatic rings. The van der Waals surface area contributed by atoms with Crippen LogP contribution in [0.1, 0.15) is 59.3 Å². The zero-order valence-corrected chi connectivity index (χ0v) is 14.5. The van der Waals surface area contributed by atoms with Gasteiger partial charge in [0.25, 0.3) is 0 Å². The smallest absolute Gasteiger partial charge is 0.184 e. The van der Waals surface area contributed by atoms with E-state index >= 15 is 0 Å². The number of hydrogen-bond donors (Lipinski definition) is 1. The second-order valence-corrected chi connectivity index (χ2v) is 5.87. The van der Waals surface area contributed by atoms with Crippen LogP contribution in [0.25, 0.3) is 0 Å². The van der Waals surface area contributed by atoms with Crippen molar-refractivity contribution in [2.45, 2.75) is 83.9 Å². The standard InChI is InChI=1S/C17H34O5/c1-4-7-10-19-13-14-15(20-11-8-5-2)16(17(18)22-14)21-12-9-6-3/h14-18H,4-13H2,1-3H3/t14-,15+,16+,17?/m1/s1. The van der Waals surface area contributed by atoms with Crippen molar-refractivity contribution in [3.05, 3.63) is 0 Å². The molecule has 1 aliphatic heterocycles. The third kappa shape index (κ3) is 6.92. The van der Waals surface area contributed by atoms with Gasteiger partial charge in [0.15, 0.2) is 6.29 Å². The van der Waals surface area contributed by atoms with Gasteiger partial charge in [-0.2, -0.15) is 0 Å². The van der Waals surface area contributed by atoms with E-state index in [1.165, 1.54) is 0 Å². The van der Waals surface area contributed by atoms with E-state index in [9.17, 15) is 5.11 Å². The van der Waals surface area contributed by atoms with Crippen LogP contribution in [0, 0.1) is 0 Å². The van der Waals surface area contributed by atoms with Crippen molar-refractivity contribution in [2.24, 2.45) is 0 Å². The largest absolute Gasteiger partial charge is 0.379 e. The highest BCUT2D eigenvalue weighted by Gasteiger charge is 2.45. The molecule has 5 nitrogen and oxygen atoms in total. The topological polar surface area (TPSA) is 57.2 Å². The molecule has 0 spiro atoms. The van der Waals surface area contributed by atoms with E-state index in [1.54, 1.807) is 0 Å². The summed E-state index contributed by atoms with van der Waals surface area (Å²) in [6, 6.07) is 0. The van der Waals surface area contributed by atoms with Crippen molar-refractivity contribution in [1.29, 1.82) is 0 Å². The summed E-state index contributed by atoms with van der Waals surface area (Å²) in [6.07, 6.45) is 4.41. The van der Waals surface area contributed by atoms with E-state index in [0.717, 1.165) is 45.1 Å². The molecule has 5 heteroatoms. The van der Waals surface area contributed by atoms with Crippen LogP contribution in [0.3, 0.4) is 0 Å². The van der Waals surface area contributed by atoms with Gasteiger partial charge < -0.3 is 24.1 Å². The fourth-order valence-electron chi connectivity index (χ4n) is 2.39. The summed E-state index contributed by atoms with van der Waals surface area (Å²) < 4.78 is 23.0. The Morgan fingerprint density at radius 1 is 0.818 bits per heavy atom. The SMILES string of the molecule is CCCCOC[C@H]1OC(O)[C@@H](OCCCC)[C@H]1OCCCC. The summed E-state index contributed by atoms with van der Waals surface area (Å²) in [4.78, 5) is 0. The number of unbranched alkanes of at least 4 members (excludes halogenated alkanes) is 3. The average Bonchev–Trinajstić information content (AvgIpc) is 2.80. The molecule has 1 aliphatic rings. The molecule has 0 aliphatic carbocycles. The molecule has 1 fully saturated rings. The van der Waals surface area contributed by atoms with Crippen LogP contribution in [-0.2, 0) is 18.9 Å². The fraction of sp³-hybridized carbons (Fsp3) is 1.00. The van der Waals surface area contributed by atoms with Gasteiger partial charge in [-0.25, -0.2) is 0 Å². The summed E-state index contributed by atoms with van der Waals surface area (Å²) >= 11 is 0. The van der Waals surface area contributed by atoms with Crippen molar-refractivity contribution < 1.29 is 24.1 Å². The molecule has 0 aromatic heterocycles. The summed E-state index contributed by atoms with van der Waals surface area (Å²) in [6.45, 7) is 8.83. The van der Waals surface area contributed by atoms with Crippen molar-refractivity contribution in [1.82, 2.24) is 0 Å². The van der Waals surface area contributed by atoms with E-state index < -0.39 is 12.4 Å². The maximum atomic E-state index is 10.1. The predicted molar refractivity (Wildman–Crippen MR) is 85.9 cm³/mol. The molecule has 0 radical (unpaired) electrons. The summed E-state index contributed by atoms with van der Waals surface area (Å²) in [5.74, 6) is 0. The van der Waals surface area contributed by atoms with Crippen molar-refractivity contribution in [3.8, 4) is 0 Å². The molecular formula is C17H34O5. The molecule has 1 rings (SSSR count). The normalized spacial score (nSPS) is 28.4. The molecule has 0 bridgehead atoms. The first-order valence-corrected chi connectivity index (χ1v) is 8.89. The van der Waals surface area contributed by atoms with Crippen LogP contribution >= 0.6 is 0 Å². The van der Waals surface area contributed by atoms with Gasteiger partial charge in [0.2, 0.25) is 0 Å². The highest BCUT2D eigenvalue weighted by Crippen LogP contribution is 2.26. The number of rotatable bonds is 13. The first kappa shape index (κ1) is 19.8. The van der Waals surface area contributed by atoms with Crippen molar-refractivity contribution >= 4 is 0 Å². The van der Waals surface area contributed by atoms with Gasteiger partial charge in [0.05, 0.1) is 6.61 Å². The van der Waals surface area contributed by atoms with Gasteiger partial charge in [-0.05, 0) is 19.3 Å². The van der Waals surface area contributed by atoms with Gasteiger partial charge >= 0.3 is 0 Å². The van der Waals surface area contributed by atoms with Crippen LogP contribution in [0.15, 0.2) is 0 Å². The summed E-state index contributed by atoms with van der Waals surface area (Å²) in [7, 11) is 0. The Labute approximate surface area is 135 Å². The van der Waals surface area contributed by atoms with Crippen molar-refractivity contribution in [2.75, 3.05) is 26.4 Å².